The number of carbonyl (C=O) groups is 3. The van der Waals surface area contributed by atoms with Gasteiger partial charge >= 0.3 is 17.9 Å². The summed E-state index contributed by atoms with van der Waals surface area (Å²) in [5.74, 6) is -1.10. The van der Waals surface area contributed by atoms with E-state index in [4.69, 9.17) is 14.2 Å². The Balaban J connectivity index is 4.50. The molecule has 0 aliphatic carbocycles. The molecule has 0 bridgehead atoms. The van der Waals surface area contributed by atoms with Gasteiger partial charge in [-0.05, 0) is 77.0 Å². The van der Waals surface area contributed by atoms with Crippen molar-refractivity contribution in [2.75, 3.05) is 13.2 Å². The van der Waals surface area contributed by atoms with Gasteiger partial charge in [-0.15, -0.1) is 0 Å². The molecule has 53 heavy (non-hydrogen) atoms. The van der Waals surface area contributed by atoms with Gasteiger partial charge in [-0.1, -0.05) is 164 Å². The molecule has 0 aromatic carbocycles. The molecule has 0 aliphatic rings. The lowest BCUT2D eigenvalue weighted by Gasteiger charge is -2.18. The number of carbonyl (C=O) groups excluding carboxylic acids is 3. The number of unbranched alkanes of at least 4 members (excludes halogenated alkanes) is 14. The average Bonchev–Trinajstić information content (AvgIpc) is 3.15. The van der Waals surface area contributed by atoms with E-state index in [0.29, 0.717) is 12.8 Å². The van der Waals surface area contributed by atoms with Gasteiger partial charge in [0.1, 0.15) is 13.2 Å². The summed E-state index contributed by atoms with van der Waals surface area (Å²) in [5.41, 5.74) is 0. The molecular formula is C47H76O6. The summed E-state index contributed by atoms with van der Waals surface area (Å²) in [4.78, 5) is 37.5. The Morgan fingerprint density at radius 1 is 0.434 bits per heavy atom. The van der Waals surface area contributed by atoms with Crippen molar-refractivity contribution in [2.24, 2.45) is 0 Å². The van der Waals surface area contributed by atoms with E-state index in [0.717, 1.165) is 77.0 Å². The van der Waals surface area contributed by atoms with Crippen LogP contribution in [0.1, 0.15) is 175 Å². The van der Waals surface area contributed by atoms with Crippen LogP contribution in [0, 0.1) is 0 Å². The molecule has 6 heteroatoms. The molecule has 0 aliphatic heterocycles. The van der Waals surface area contributed by atoms with Gasteiger partial charge in [0.2, 0.25) is 0 Å². The quantitative estimate of drug-likeness (QED) is 0.0209. The standard InChI is InChI=1S/C47H76O6/c1-4-7-10-13-16-19-21-22-23-24-26-28-31-34-37-40-46(49)52-43-44(42-51-45(48)39-36-33-30-27-18-15-12-9-6-3)53-47(50)41-38-35-32-29-25-20-17-14-11-8-5-2/h9,12,14,16-22,25,27,33,36,44H,4-8,10-11,13,15,23-24,26,28-32,34-35,37-43H2,1-3H3/b12-9-,17-14-,19-16-,22-21-,25-20-,27-18-,36-33-. The van der Waals surface area contributed by atoms with E-state index >= 15 is 0 Å². The maximum atomic E-state index is 12.6. The fourth-order valence-electron chi connectivity index (χ4n) is 5.23. The van der Waals surface area contributed by atoms with E-state index in [9.17, 15) is 14.4 Å². The number of ether oxygens (including phenoxy) is 3. The zero-order valence-corrected chi connectivity index (χ0v) is 34.0. The fourth-order valence-corrected chi connectivity index (χ4v) is 5.23. The first-order chi connectivity index (χ1) is 26.0. The molecule has 0 rings (SSSR count). The molecule has 0 radical (unpaired) electrons. The minimum Gasteiger partial charge on any atom is -0.462 e. The Labute approximate surface area is 325 Å². The highest BCUT2D eigenvalue weighted by molar-refractivity contribution is 5.72. The first-order valence-electron chi connectivity index (χ1n) is 21.1. The van der Waals surface area contributed by atoms with Crippen LogP contribution in [-0.4, -0.2) is 37.2 Å². The van der Waals surface area contributed by atoms with E-state index in [1.54, 1.807) is 6.08 Å². The lowest BCUT2D eigenvalue weighted by atomic mass is 10.1. The number of hydrogen-bond acceptors (Lipinski definition) is 6. The van der Waals surface area contributed by atoms with Gasteiger partial charge in [0, 0.05) is 12.8 Å². The van der Waals surface area contributed by atoms with Crippen LogP contribution in [0.25, 0.3) is 0 Å². The minimum absolute atomic E-state index is 0.122. The maximum absolute atomic E-state index is 12.6. The zero-order chi connectivity index (χ0) is 38.7. The third kappa shape index (κ3) is 39.6. The number of esters is 3. The summed E-state index contributed by atoms with van der Waals surface area (Å²) in [6.07, 6.45) is 51.7. The van der Waals surface area contributed by atoms with Gasteiger partial charge in [0.15, 0.2) is 6.10 Å². The van der Waals surface area contributed by atoms with Crippen LogP contribution in [-0.2, 0) is 28.6 Å². The van der Waals surface area contributed by atoms with Crippen LogP contribution in [0.15, 0.2) is 85.1 Å². The fraction of sp³-hybridized carbons (Fsp3) is 0.638. The van der Waals surface area contributed by atoms with Crippen LogP contribution in [0.2, 0.25) is 0 Å². The number of hydrogen-bond donors (Lipinski definition) is 0. The van der Waals surface area contributed by atoms with Gasteiger partial charge in [-0.3, -0.25) is 14.4 Å². The SMILES string of the molecule is CC/C=C\C/C=C\C/C=C\CC(=O)OCC(COC(=O)CCCCCCCC/C=C\C=C/CCCCC)OC(=O)CCCCC/C=C\C=C/CCCC. The van der Waals surface area contributed by atoms with Gasteiger partial charge < -0.3 is 14.2 Å². The van der Waals surface area contributed by atoms with Gasteiger partial charge in [-0.2, -0.15) is 0 Å². The smallest absolute Gasteiger partial charge is 0.309 e. The Morgan fingerprint density at radius 3 is 1.43 bits per heavy atom. The number of allylic oxidation sites excluding steroid dienone is 13. The minimum atomic E-state index is -0.827. The topological polar surface area (TPSA) is 78.9 Å². The largest absolute Gasteiger partial charge is 0.462 e. The monoisotopic (exact) mass is 737 g/mol. The molecule has 0 fully saturated rings. The Hall–Kier alpha value is -3.41. The summed E-state index contributed by atoms with van der Waals surface area (Å²) in [5, 5.41) is 0. The van der Waals surface area contributed by atoms with Crippen molar-refractivity contribution in [1.29, 1.82) is 0 Å². The highest BCUT2D eigenvalue weighted by atomic mass is 16.6. The van der Waals surface area contributed by atoms with Crippen molar-refractivity contribution < 1.29 is 28.6 Å². The van der Waals surface area contributed by atoms with E-state index in [2.05, 4.69) is 93.7 Å². The van der Waals surface area contributed by atoms with E-state index in [1.165, 1.54) is 51.4 Å². The predicted molar refractivity (Wildman–Crippen MR) is 224 cm³/mol. The van der Waals surface area contributed by atoms with Gasteiger partial charge in [-0.25, -0.2) is 0 Å². The van der Waals surface area contributed by atoms with Crippen LogP contribution >= 0.6 is 0 Å². The predicted octanol–water partition coefficient (Wildman–Crippen LogP) is 13.3. The van der Waals surface area contributed by atoms with Crippen LogP contribution < -0.4 is 0 Å². The maximum Gasteiger partial charge on any atom is 0.309 e. The lowest BCUT2D eigenvalue weighted by molar-refractivity contribution is -0.166. The van der Waals surface area contributed by atoms with Crippen molar-refractivity contribution in [3.63, 3.8) is 0 Å². The second kappa shape index (κ2) is 41.3. The van der Waals surface area contributed by atoms with Crippen molar-refractivity contribution >= 4 is 17.9 Å². The van der Waals surface area contributed by atoms with Crippen molar-refractivity contribution in [3.05, 3.63) is 85.1 Å². The van der Waals surface area contributed by atoms with E-state index in [1.807, 2.05) is 6.08 Å². The van der Waals surface area contributed by atoms with Crippen LogP contribution in [0.4, 0.5) is 0 Å². The highest BCUT2D eigenvalue weighted by Gasteiger charge is 2.19. The summed E-state index contributed by atoms with van der Waals surface area (Å²) < 4.78 is 16.5. The molecule has 300 valence electrons. The third-order valence-electron chi connectivity index (χ3n) is 8.44. The molecule has 0 aromatic rings. The molecule has 0 N–H and O–H groups in total. The molecule has 0 amide bonds. The lowest BCUT2D eigenvalue weighted by Crippen LogP contribution is -2.30. The first kappa shape index (κ1) is 49.6. The van der Waals surface area contributed by atoms with Crippen molar-refractivity contribution in [3.8, 4) is 0 Å². The molecular weight excluding hydrogens is 661 g/mol. The molecule has 6 nitrogen and oxygen atoms in total. The molecule has 0 spiro atoms. The average molecular weight is 737 g/mol. The molecule has 0 heterocycles. The molecule has 0 saturated heterocycles. The van der Waals surface area contributed by atoms with E-state index in [-0.39, 0.29) is 38.0 Å². The summed E-state index contributed by atoms with van der Waals surface area (Å²) in [6.45, 7) is 6.27. The molecule has 0 saturated carbocycles. The second-order valence-corrected chi connectivity index (χ2v) is 13.6. The Kier molecular flexibility index (Phi) is 38.7. The Morgan fingerprint density at radius 2 is 0.868 bits per heavy atom. The van der Waals surface area contributed by atoms with Crippen LogP contribution in [0.3, 0.4) is 0 Å². The number of rotatable bonds is 36. The van der Waals surface area contributed by atoms with Crippen LogP contribution in [0.5, 0.6) is 0 Å². The molecule has 1 unspecified atom stereocenters. The van der Waals surface area contributed by atoms with Gasteiger partial charge in [0.25, 0.3) is 0 Å². The first-order valence-corrected chi connectivity index (χ1v) is 21.1. The molecule has 0 aromatic heterocycles. The zero-order valence-electron chi connectivity index (χ0n) is 34.0. The van der Waals surface area contributed by atoms with Crippen molar-refractivity contribution in [1.82, 2.24) is 0 Å². The Bertz CT molecular complexity index is 1080. The van der Waals surface area contributed by atoms with Gasteiger partial charge in [0.05, 0.1) is 6.42 Å². The van der Waals surface area contributed by atoms with Crippen molar-refractivity contribution in [2.45, 2.75) is 181 Å². The van der Waals surface area contributed by atoms with E-state index < -0.39 is 12.1 Å². The third-order valence-corrected chi connectivity index (χ3v) is 8.44. The summed E-state index contributed by atoms with van der Waals surface area (Å²) in [6, 6.07) is 0. The molecule has 1 atom stereocenters. The summed E-state index contributed by atoms with van der Waals surface area (Å²) >= 11 is 0. The summed E-state index contributed by atoms with van der Waals surface area (Å²) in [7, 11) is 0. The second-order valence-electron chi connectivity index (χ2n) is 13.6. The normalized spacial score (nSPS) is 12.9. The highest BCUT2D eigenvalue weighted by Crippen LogP contribution is 2.11.